The first-order valence-electron chi connectivity index (χ1n) is 5.81. The van der Waals surface area contributed by atoms with Crippen molar-refractivity contribution in [3.8, 4) is 11.5 Å². The summed E-state index contributed by atoms with van der Waals surface area (Å²) in [5.41, 5.74) is 0.0883. The molecule has 0 amide bonds. The van der Waals surface area contributed by atoms with Gasteiger partial charge < -0.3 is 9.47 Å². The zero-order chi connectivity index (χ0) is 14.5. The highest BCUT2D eigenvalue weighted by atomic mass is 17.2. The Labute approximate surface area is 113 Å². The summed E-state index contributed by atoms with van der Waals surface area (Å²) in [6, 6.07) is 4.76. The molecule has 0 heterocycles. The van der Waals surface area contributed by atoms with Gasteiger partial charge in [-0.1, -0.05) is 20.8 Å². The molecule has 0 spiro atoms. The summed E-state index contributed by atoms with van der Waals surface area (Å²) in [4.78, 5) is 21.3. The van der Waals surface area contributed by atoms with E-state index in [0.717, 1.165) is 0 Å². The predicted octanol–water partition coefficient (Wildman–Crippen LogP) is 3.00. The molecule has 5 heteroatoms. The molecule has 1 aromatic rings. The van der Waals surface area contributed by atoms with Crippen molar-refractivity contribution in [3.63, 3.8) is 0 Å². The summed E-state index contributed by atoms with van der Waals surface area (Å²) >= 11 is 0. The lowest BCUT2D eigenvalue weighted by Gasteiger charge is -2.15. The first-order chi connectivity index (χ1) is 8.85. The zero-order valence-corrected chi connectivity index (χ0v) is 11.9. The van der Waals surface area contributed by atoms with Crippen molar-refractivity contribution in [2.75, 3.05) is 14.2 Å². The highest BCUT2D eigenvalue weighted by molar-refractivity contribution is 5.90. The molecule has 0 fully saturated rings. The molecule has 0 aliphatic carbocycles. The van der Waals surface area contributed by atoms with Gasteiger partial charge in [-0.25, -0.2) is 4.79 Å². The molecule has 0 bridgehead atoms. The van der Waals surface area contributed by atoms with E-state index in [1.165, 1.54) is 20.8 Å². The minimum absolute atomic E-state index is 0.202. The fraction of sp³-hybridized carbons (Fsp3) is 0.429. The van der Waals surface area contributed by atoms with Crippen molar-refractivity contribution in [2.45, 2.75) is 20.8 Å². The van der Waals surface area contributed by atoms with Crippen molar-refractivity contribution in [1.82, 2.24) is 0 Å². The van der Waals surface area contributed by atoms with Gasteiger partial charge in [-0.15, -0.1) is 0 Å². The summed E-state index contributed by atoms with van der Waals surface area (Å²) in [7, 11) is 3.02. The van der Waals surface area contributed by atoms with Gasteiger partial charge in [0.2, 0.25) is 0 Å². The van der Waals surface area contributed by atoms with Crippen molar-refractivity contribution < 1.29 is 24.0 Å². The normalized spacial score (nSPS) is 11.0. The Morgan fingerprint density at radius 3 is 2.00 bits per heavy atom. The minimum Gasteiger partial charge on any atom is -0.497 e. The largest absolute Gasteiger partial charge is 0.497 e. The Kier molecular flexibility index (Phi) is 5.18. The molecule has 1 radical (unpaired) electrons. The predicted molar refractivity (Wildman–Crippen MR) is 69.8 cm³/mol. The van der Waals surface area contributed by atoms with Crippen molar-refractivity contribution in [3.05, 3.63) is 30.4 Å². The van der Waals surface area contributed by atoms with Gasteiger partial charge in [-0.2, -0.15) is 4.89 Å². The molecule has 0 atom stereocenters. The highest BCUT2D eigenvalue weighted by Gasteiger charge is 2.16. The van der Waals surface area contributed by atoms with Crippen molar-refractivity contribution in [1.29, 1.82) is 0 Å². The maximum Gasteiger partial charge on any atom is 0.373 e. The van der Waals surface area contributed by atoms with Crippen LogP contribution in [0.2, 0.25) is 0 Å². The van der Waals surface area contributed by atoms with Crippen LogP contribution in [0.25, 0.3) is 0 Å². The van der Waals surface area contributed by atoms with Crippen LogP contribution in [0.1, 0.15) is 31.1 Å². The quantitative estimate of drug-likeness (QED) is 0.606. The Hall–Kier alpha value is -1.75. The molecule has 105 valence electrons. The molecule has 0 aromatic heterocycles. The van der Waals surface area contributed by atoms with Crippen LogP contribution in [0.15, 0.2) is 18.2 Å². The van der Waals surface area contributed by atoms with E-state index in [-0.39, 0.29) is 5.41 Å². The standard InChI is InChI=1S/C14H19O5/c1-14(2,3)9-18-19-13(15)10-6-11(16-4)8-12(7-10)17-5/h6-9H,1-5H3. The van der Waals surface area contributed by atoms with E-state index in [1.807, 2.05) is 20.8 Å². The Balaban J connectivity index is 2.71. The van der Waals surface area contributed by atoms with E-state index in [2.05, 4.69) is 0 Å². The van der Waals surface area contributed by atoms with E-state index in [1.54, 1.807) is 18.2 Å². The second-order valence-electron chi connectivity index (χ2n) is 5.05. The van der Waals surface area contributed by atoms with Crippen molar-refractivity contribution >= 4 is 5.97 Å². The second-order valence-corrected chi connectivity index (χ2v) is 5.05. The number of carbonyl (C=O) groups excluding carboxylic acids is 1. The fourth-order valence-electron chi connectivity index (χ4n) is 1.19. The maximum absolute atomic E-state index is 11.8. The summed E-state index contributed by atoms with van der Waals surface area (Å²) in [6.07, 6.45) is 0. The molecule has 0 aliphatic heterocycles. The van der Waals surface area contributed by atoms with Crippen molar-refractivity contribution in [2.24, 2.45) is 5.41 Å². The number of benzene rings is 1. The average Bonchev–Trinajstić information content (AvgIpc) is 2.36. The maximum atomic E-state index is 11.8. The lowest BCUT2D eigenvalue weighted by molar-refractivity contribution is -0.224. The van der Waals surface area contributed by atoms with Crippen LogP contribution in [-0.2, 0) is 9.78 Å². The van der Waals surface area contributed by atoms with Crippen LogP contribution in [0.3, 0.4) is 0 Å². The third kappa shape index (κ3) is 5.18. The molecule has 1 aromatic carbocycles. The van der Waals surface area contributed by atoms with Gasteiger partial charge >= 0.3 is 5.97 Å². The lowest BCUT2D eigenvalue weighted by Crippen LogP contribution is -2.12. The van der Waals surface area contributed by atoms with E-state index < -0.39 is 5.97 Å². The summed E-state index contributed by atoms with van der Waals surface area (Å²) < 4.78 is 10.1. The van der Waals surface area contributed by atoms with Crippen LogP contribution in [-0.4, -0.2) is 20.2 Å². The summed E-state index contributed by atoms with van der Waals surface area (Å²) in [5, 5.41) is 0. The molecule has 5 nitrogen and oxygen atoms in total. The van der Waals surface area contributed by atoms with Crippen LogP contribution < -0.4 is 9.47 Å². The Bertz CT molecular complexity index is 412. The van der Waals surface area contributed by atoms with Gasteiger partial charge in [0.1, 0.15) is 18.1 Å². The first-order valence-corrected chi connectivity index (χ1v) is 5.81. The van der Waals surface area contributed by atoms with Crippen LogP contribution in [0.5, 0.6) is 11.5 Å². The average molecular weight is 267 g/mol. The SMILES string of the molecule is COc1cc(OC)cc(C(=O)OO[CH]C(C)(C)C)c1. The van der Waals surface area contributed by atoms with E-state index in [4.69, 9.17) is 19.2 Å². The summed E-state index contributed by atoms with van der Waals surface area (Å²) in [5.74, 6) is 0.398. The summed E-state index contributed by atoms with van der Waals surface area (Å²) in [6.45, 7) is 7.22. The van der Waals surface area contributed by atoms with Gasteiger partial charge in [0.25, 0.3) is 0 Å². The van der Waals surface area contributed by atoms with Gasteiger partial charge in [-0.05, 0) is 17.5 Å². The van der Waals surface area contributed by atoms with Crippen LogP contribution in [0, 0.1) is 12.0 Å². The fourth-order valence-corrected chi connectivity index (χ4v) is 1.19. The third-order valence-corrected chi connectivity index (χ3v) is 2.11. The number of rotatable bonds is 5. The van der Waals surface area contributed by atoms with Crippen LogP contribution >= 0.6 is 0 Å². The van der Waals surface area contributed by atoms with Crippen LogP contribution in [0.4, 0.5) is 0 Å². The zero-order valence-electron chi connectivity index (χ0n) is 11.9. The number of hydrogen-bond acceptors (Lipinski definition) is 5. The van der Waals surface area contributed by atoms with Gasteiger partial charge in [-0.3, -0.25) is 4.89 Å². The second kappa shape index (κ2) is 6.43. The van der Waals surface area contributed by atoms with E-state index >= 15 is 0 Å². The number of ether oxygens (including phenoxy) is 2. The molecular weight excluding hydrogens is 248 g/mol. The third-order valence-electron chi connectivity index (χ3n) is 2.11. The van der Waals surface area contributed by atoms with Gasteiger partial charge in [0.15, 0.2) is 0 Å². The van der Waals surface area contributed by atoms with Gasteiger partial charge in [0.05, 0.1) is 19.8 Å². The number of carbonyl (C=O) groups is 1. The Morgan fingerprint density at radius 1 is 1.05 bits per heavy atom. The molecule has 0 saturated heterocycles. The molecule has 0 N–H and O–H groups in total. The monoisotopic (exact) mass is 267 g/mol. The van der Waals surface area contributed by atoms with E-state index in [9.17, 15) is 4.79 Å². The van der Waals surface area contributed by atoms with E-state index in [0.29, 0.717) is 17.1 Å². The Morgan fingerprint density at radius 2 is 1.58 bits per heavy atom. The topological polar surface area (TPSA) is 54.0 Å². The lowest BCUT2D eigenvalue weighted by atomic mass is 9.99. The smallest absolute Gasteiger partial charge is 0.373 e. The number of hydrogen-bond donors (Lipinski definition) is 0. The highest BCUT2D eigenvalue weighted by Crippen LogP contribution is 2.23. The van der Waals surface area contributed by atoms with Gasteiger partial charge in [0, 0.05) is 6.07 Å². The molecule has 0 aliphatic rings. The molecule has 0 saturated carbocycles. The first kappa shape index (κ1) is 15.3. The number of methoxy groups -OCH3 is 2. The molecular formula is C14H19O5. The molecule has 0 unspecified atom stereocenters. The molecule has 1 rings (SSSR count). The molecule has 19 heavy (non-hydrogen) atoms. The minimum atomic E-state index is -0.613.